The van der Waals surface area contributed by atoms with Crippen LogP contribution in [0.25, 0.3) is 0 Å². The maximum absolute atomic E-state index is 9.55. The van der Waals surface area contributed by atoms with Crippen LogP contribution in [0, 0.1) is 6.92 Å². The molecule has 118 valence electrons. The molecule has 0 unspecified atom stereocenters. The minimum atomic E-state index is -0.654. The molecule has 0 fully saturated rings. The average molecular weight is 296 g/mol. The second-order valence-corrected chi connectivity index (χ2v) is 5.88. The quantitative estimate of drug-likeness (QED) is 0.747. The van der Waals surface area contributed by atoms with Crippen LogP contribution in [0.4, 0.5) is 0 Å². The highest BCUT2D eigenvalue weighted by Crippen LogP contribution is 2.35. The summed E-state index contributed by atoms with van der Waals surface area (Å²) in [5.41, 5.74) is 2.75. The summed E-state index contributed by atoms with van der Waals surface area (Å²) in [4.78, 5) is 4.36. The number of fused-ring (bicyclic) bond motifs is 1. The van der Waals surface area contributed by atoms with Crippen molar-refractivity contribution in [3.63, 3.8) is 0 Å². The minimum absolute atomic E-state index is 0.126. The van der Waals surface area contributed by atoms with E-state index in [4.69, 9.17) is 9.47 Å². The number of hydrogen-bond donors (Lipinski definition) is 3. The largest absolute Gasteiger partial charge is 0.461 e. The van der Waals surface area contributed by atoms with Crippen LogP contribution < -0.4 is 10.1 Å². The van der Waals surface area contributed by atoms with Gasteiger partial charge in [0, 0.05) is 32.2 Å². The number of rotatable bonds is 5. The summed E-state index contributed by atoms with van der Waals surface area (Å²) >= 11 is 0. The van der Waals surface area contributed by atoms with Gasteiger partial charge < -0.3 is 25.0 Å². The van der Waals surface area contributed by atoms with Crippen LogP contribution in [0.15, 0.2) is 6.20 Å². The van der Waals surface area contributed by atoms with Gasteiger partial charge in [0.25, 0.3) is 0 Å². The van der Waals surface area contributed by atoms with Crippen molar-refractivity contribution in [1.82, 2.24) is 10.3 Å². The van der Waals surface area contributed by atoms with Crippen molar-refractivity contribution in [2.24, 2.45) is 0 Å². The Kier molecular flexibility index (Phi) is 4.83. The first-order chi connectivity index (χ1) is 9.84. The van der Waals surface area contributed by atoms with Gasteiger partial charge in [0.2, 0.25) is 5.79 Å². The van der Waals surface area contributed by atoms with Crippen molar-refractivity contribution in [2.75, 3.05) is 6.61 Å². The van der Waals surface area contributed by atoms with E-state index >= 15 is 0 Å². The lowest BCUT2D eigenvalue weighted by Gasteiger charge is -2.34. The highest BCUT2D eigenvalue weighted by Gasteiger charge is 2.30. The lowest BCUT2D eigenvalue weighted by molar-refractivity contribution is -0.180. The molecule has 0 saturated heterocycles. The van der Waals surface area contributed by atoms with Gasteiger partial charge in [-0.3, -0.25) is 4.98 Å². The number of hydrogen-bond acceptors (Lipinski definition) is 6. The van der Waals surface area contributed by atoms with Gasteiger partial charge in [-0.2, -0.15) is 0 Å². The second-order valence-electron chi connectivity index (χ2n) is 5.88. The summed E-state index contributed by atoms with van der Waals surface area (Å²) in [7, 11) is 0. The standard InChI is InChI=1S/C15H24N2O4/c1-9-14-12(8-20-15(3,4)21-14)11(5-16-9)6-17-13(7-18)10(2)19/h5,10,13,17-19H,6-8H2,1-4H3/t10-,13-/m1/s1. The third-order valence-electron chi connectivity index (χ3n) is 3.65. The van der Waals surface area contributed by atoms with Gasteiger partial charge in [-0.1, -0.05) is 0 Å². The van der Waals surface area contributed by atoms with E-state index in [0.717, 1.165) is 22.6 Å². The molecule has 6 nitrogen and oxygen atoms in total. The molecule has 1 aliphatic heterocycles. The molecule has 1 aliphatic rings. The Morgan fingerprint density at radius 2 is 2.19 bits per heavy atom. The van der Waals surface area contributed by atoms with Crippen molar-refractivity contribution < 1.29 is 19.7 Å². The van der Waals surface area contributed by atoms with Gasteiger partial charge in [-0.25, -0.2) is 0 Å². The number of nitrogens with zero attached hydrogens (tertiary/aromatic N) is 1. The molecule has 1 aromatic heterocycles. The molecule has 1 aromatic rings. The molecule has 0 aliphatic carbocycles. The molecule has 6 heteroatoms. The van der Waals surface area contributed by atoms with Crippen LogP contribution in [0.3, 0.4) is 0 Å². The first-order valence-electron chi connectivity index (χ1n) is 7.16. The molecule has 0 aromatic carbocycles. The second kappa shape index (κ2) is 6.27. The molecule has 0 radical (unpaired) electrons. The van der Waals surface area contributed by atoms with Crippen molar-refractivity contribution in [2.45, 2.75) is 58.8 Å². The number of aryl methyl sites for hydroxylation is 1. The molecule has 0 bridgehead atoms. The first-order valence-corrected chi connectivity index (χ1v) is 7.16. The molecule has 2 rings (SSSR count). The first kappa shape index (κ1) is 16.2. The number of nitrogens with one attached hydrogen (secondary N) is 1. The maximum atomic E-state index is 9.55. The molecule has 0 spiro atoms. The van der Waals surface area contributed by atoms with Crippen LogP contribution in [0.5, 0.6) is 5.75 Å². The number of aromatic nitrogens is 1. The Hall–Kier alpha value is -1.21. The Morgan fingerprint density at radius 1 is 1.48 bits per heavy atom. The van der Waals surface area contributed by atoms with Crippen LogP contribution in [-0.2, 0) is 17.9 Å². The fourth-order valence-corrected chi connectivity index (χ4v) is 2.27. The van der Waals surface area contributed by atoms with Crippen LogP contribution in [0.2, 0.25) is 0 Å². The zero-order chi connectivity index (χ0) is 15.6. The summed E-state index contributed by atoms with van der Waals surface area (Å²) in [6, 6.07) is -0.371. The van der Waals surface area contributed by atoms with E-state index in [1.54, 1.807) is 13.1 Å². The smallest absolute Gasteiger partial charge is 0.205 e. The monoisotopic (exact) mass is 296 g/mol. The fraction of sp³-hybridized carbons (Fsp3) is 0.667. The average Bonchev–Trinajstić information content (AvgIpc) is 2.41. The highest BCUT2D eigenvalue weighted by atomic mass is 16.7. The van der Waals surface area contributed by atoms with Crippen LogP contribution in [-0.4, -0.2) is 39.7 Å². The molecule has 0 saturated carbocycles. The van der Waals surface area contributed by atoms with Crippen LogP contribution in [0.1, 0.15) is 37.6 Å². The lowest BCUT2D eigenvalue weighted by Crippen LogP contribution is -2.41. The summed E-state index contributed by atoms with van der Waals surface area (Å²) < 4.78 is 11.6. The predicted octanol–water partition coefficient (Wildman–Crippen LogP) is 0.866. The number of pyridine rings is 1. The lowest BCUT2D eigenvalue weighted by atomic mass is 10.1. The SMILES string of the molecule is Cc1ncc(CN[C@H](CO)[C@@H](C)O)c2c1OC(C)(C)OC2. The molecule has 2 atom stereocenters. The van der Waals surface area contributed by atoms with E-state index < -0.39 is 11.9 Å². The molecule has 0 amide bonds. The number of aliphatic hydroxyl groups excluding tert-OH is 2. The van der Waals surface area contributed by atoms with Crippen LogP contribution >= 0.6 is 0 Å². The Labute approximate surface area is 125 Å². The van der Waals surface area contributed by atoms with Gasteiger partial charge in [0.15, 0.2) is 0 Å². The third kappa shape index (κ3) is 3.71. The van der Waals surface area contributed by atoms with E-state index in [-0.39, 0.29) is 12.6 Å². The summed E-state index contributed by atoms with van der Waals surface area (Å²) in [5, 5.41) is 21.9. The Bertz CT molecular complexity index is 503. The van der Waals surface area contributed by atoms with Crippen molar-refractivity contribution in [3.05, 3.63) is 23.0 Å². The number of aliphatic hydroxyl groups is 2. The zero-order valence-corrected chi connectivity index (χ0v) is 13.0. The van der Waals surface area contributed by atoms with Crippen molar-refractivity contribution in [3.8, 4) is 5.75 Å². The van der Waals surface area contributed by atoms with Gasteiger partial charge >= 0.3 is 0 Å². The molecule has 2 heterocycles. The van der Waals surface area contributed by atoms with Gasteiger partial charge in [-0.05, 0) is 19.4 Å². The van der Waals surface area contributed by atoms with E-state index in [2.05, 4.69) is 10.3 Å². The van der Waals surface area contributed by atoms with E-state index in [1.165, 1.54) is 0 Å². The third-order valence-corrected chi connectivity index (χ3v) is 3.65. The molecule has 21 heavy (non-hydrogen) atoms. The van der Waals surface area contributed by atoms with Crippen molar-refractivity contribution in [1.29, 1.82) is 0 Å². The molecular weight excluding hydrogens is 272 g/mol. The predicted molar refractivity (Wildman–Crippen MR) is 77.9 cm³/mol. The van der Waals surface area contributed by atoms with Gasteiger partial charge in [0.05, 0.1) is 31.1 Å². The Balaban J connectivity index is 2.19. The van der Waals surface area contributed by atoms with Crippen molar-refractivity contribution >= 4 is 0 Å². The summed E-state index contributed by atoms with van der Waals surface area (Å²) in [6.45, 7) is 8.11. The number of ether oxygens (including phenoxy) is 2. The topological polar surface area (TPSA) is 83.8 Å². The minimum Gasteiger partial charge on any atom is -0.461 e. The Morgan fingerprint density at radius 3 is 2.81 bits per heavy atom. The normalized spacial score (nSPS) is 19.5. The highest BCUT2D eigenvalue weighted by molar-refractivity contribution is 5.42. The molecular formula is C15H24N2O4. The zero-order valence-electron chi connectivity index (χ0n) is 13.0. The fourth-order valence-electron chi connectivity index (χ4n) is 2.27. The van der Waals surface area contributed by atoms with E-state index in [9.17, 15) is 10.2 Å². The van der Waals surface area contributed by atoms with Gasteiger partial charge in [-0.15, -0.1) is 0 Å². The maximum Gasteiger partial charge on any atom is 0.205 e. The van der Waals surface area contributed by atoms with Gasteiger partial charge in [0.1, 0.15) is 5.75 Å². The molecule has 3 N–H and O–H groups in total. The summed E-state index contributed by atoms with van der Waals surface area (Å²) in [6.07, 6.45) is 1.15. The van der Waals surface area contributed by atoms with E-state index in [1.807, 2.05) is 20.8 Å². The van der Waals surface area contributed by atoms with E-state index in [0.29, 0.717) is 13.2 Å². The summed E-state index contributed by atoms with van der Waals surface area (Å²) in [5.74, 6) is 0.113.